The predicted octanol–water partition coefficient (Wildman–Crippen LogP) is 1.44. The van der Waals surface area contributed by atoms with Crippen molar-refractivity contribution < 1.29 is 4.74 Å². The predicted molar refractivity (Wildman–Crippen MR) is 61.3 cm³/mol. The molecule has 0 bridgehead atoms. The van der Waals surface area contributed by atoms with E-state index in [2.05, 4.69) is 15.6 Å². The standard InChI is InChI=1S/C11H14N4O/c1-15-8-9(13-14-15)7-12-10-5-3-4-6-11(10)16-2/h3-6,8,12H,7H2,1-2H3. The zero-order chi connectivity index (χ0) is 11.4. The van der Waals surface area contributed by atoms with Gasteiger partial charge in [0.05, 0.1) is 19.3 Å². The molecule has 0 radical (unpaired) electrons. The van der Waals surface area contributed by atoms with Crippen molar-refractivity contribution >= 4 is 5.69 Å². The first kappa shape index (κ1) is 10.5. The van der Waals surface area contributed by atoms with Crippen molar-refractivity contribution in [3.05, 3.63) is 36.2 Å². The Labute approximate surface area is 94.0 Å². The molecule has 0 aliphatic rings. The van der Waals surface area contributed by atoms with Crippen LogP contribution in [0.1, 0.15) is 5.69 Å². The zero-order valence-electron chi connectivity index (χ0n) is 9.34. The van der Waals surface area contributed by atoms with E-state index in [9.17, 15) is 0 Å². The van der Waals surface area contributed by atoms with Gasteiger partial charge in [0, 0.05) is 13.2 Å². The Balaban J connectivity index is 2.04. The normalized spacial score (nSPS) is 10.1. The fourth-order valence-electron chi connectivity index (χ4n) is 1.45. The Kier molecular flexibility index (Phi) is 3.05. The molecular weight excluding hydrogens is 204 g/mol. The number of anilines is 1. The molecule has 2 rings (SSSR count). The highest BCUT2D eigenvalue weighted by atomic mass is 16.5. The highest BCUT2D eigenvalue weighted by Gasteiger charge is 2.02. The minimum atomic E-state index is 0.633. The largest absolute Gasteiger partial charge is 0.495 e. The molecule has 84 valence electrons. The van der Waals surface area contributed by atoms with Crippen molar-refractivity contribution in [2.75, 3.05) is 12.4 Å². The summed E-state index contributed by atoms with van der Waals surface area (Å²) < 4.78 is 6.92. The van der Waals surface area contributed by atoms with Gasteiger partial charge in [-0.1, -0.05) is 17.3 Å². The van der Waals surface area contributed by atoms with Crippen molar-refractivity contribution in [2.24, 2.45) is 7.05 Å². The number of ether oxygens (including phenoxy) is 1. The van der Waals surface area contributed by atoms with Crippen LogP contribution in [-0.2, 0) is 13.6 Å². The first-order valence-electron chi connectivity index (χ1n) is 5.01. The maximum Gasteiger partial charge on any atom is 0.141 e. The number of aryl methyl sites for hydroxylation is 1. The number of para-hydroxylation sites is 2. The third-order valence-electron chi connectivity index (χ3n) is 2.22. The summed E-state index contributed by atoms with van der Waals surface area (Å²) in [6.07, 6.45) is 1.88. The molecule has 0 aliphatic carbocycles. The SMILES string of the molecule is COc1ccccc1NCc1cn(C)nn1. The molecule has 0 unspecified atom stereocenters. The lowest BCUT2D eigenvalue weighted by Gasteiger charge is -2.08. The van der Waals surface area contributed by atoms with E-state index in [1.807, 2.05) is 37.5 Å². The summed E-state index contributed by atoms with van der Waals surface area (Å²) in [7, 11) is 3.50. The highest BCUT2D eigenvalue weighted by molar-refractivity contribution is 5.56. The number of hydrogen-bond acceptors (Lipinski definition) is 4. The molecular formula is C11H14N4O. The number of nitrogens with zero attached hydrogens (tertiary/aromatic N) is 3. The molecule has 0 amide bonds. The second-order valence-corrected chi connectivity index (χ2v) is 3.44. The smallest absolute Gasteiger partial charge is 0.141 e. The first-order chi connectivity index (χ1) is 7.79. The van der Waals surface area contributed by atoms with Crippen LogP contribution < -0.4 is 10.1 Å². The fraction of sp³-hybridized carbons (Fsp3) is 0.273. The minimum absolute atomic E-state index is 0.633. The van der Waals surface area contributed by atoms with E-state index < -0.39 is 0 Å². The van der Waals surface area contributed by atoms with E-state index in [0.29, 0.717) is 6.54 Å². The van der Waals surface area contributed by atoms with Gasteiger partial charge in [0.25, 0.3) is 0 Å². The molecule has 0 fully saturated rings. The van der Waals surface area contributed by atoms with Crippen LogP contribution in [0.2, 0.25) is 0 Å². The van der Waals surface area contributed by atoms with Crippen molar-refractivity contribution in [3.63, 3.8) is 0 Å². The lowest BCUT2D eigenvalue weighted by molar-refractivity contribution is 0.416. The lowest BCUT2D eigenvalue weighted by atomic mass is 10.3. The quantitative estimate of drug-likeness (QED) is 0.843. The molecule has 0 saturated carbocycles. The third-order valence-corrected chi connectivity index (χ3v) is 2.22. The Morgan fingerprint density at radius 1 is 1.38 bits per heavy atom. The summed E-state index contributed by atoms with van der Waals surface area (Å²) in [5.74, 6) is 0.825. The van der Waals surface area contributed by atoms with E-state index in [0.717, 1.165) is 17.1 Å². The molecule has 0 atom stereocenters. The Morgan fingerprint density at radius 2 is 2.19 bits per heavy atom. The zero-order valence-corrected chi connectivity index (χ0v) is 9.34. The van der Waals surface area contributed by atoms with Crippen LogP contribution in [-0.4, -0.2) is 22.1 Å². The van der Waals surface area contributed by atoms with E-state index >= 15 is 0 Å². The van der Waals surface area contributed by atoms with Gasteiger partial charge in [0.15, 0.2) is 0 Å². The number of benzene rings is 1. The summed E-state index contributed by atoms with van der Waals surface area (Å²) in [6, 6.07) is 7.78. The van der Waals surface area contributed by atoms with Gasteiger partial charge in [0.2, 0.25) is 0 Å². The van der Waals surface area contributed by atoms with Crippen LogP contribution in [0.25, 0.3) is 0 Å². The monoisotopic (exact) mass is 218 g/mol. The molecule has 0 saturated heterocycles. The highest BCUT2D eigenvalue weighted by Crippen LogP contribution is 2.23. The second kappa shape index (κ2) is 4.65. The average Bonchev–Trinajstić information content (AvgIpc) is 2.73. The van der Waals surface area contributed by atoms with Gasteiger partial charge in [-0.15, -0.1) is 5.10 Å². The van der Waals surface area contributed by atoms with Gasteiger partial charge in [-0.3, -0.25) is 4.68 Å². The molecule has 1 aromatic heterocycles. The molecule has 0 spiro atoms. The van der Waals surface area contributed by atoms with Crippen LogP contribution >= 0.6 is 0 Å². The van der Waals surface area contributed by atoms with Gasteiger partial charge in [-0.2, -0.15) is 0 Å². The van der Waals surface area contributed by atoms with E-state index in [4.69, 9.17) is 4.74 Å². The van der Waals surface area contributed by atoms with Gasteiger partial charge in [0.1, 0.15) is 11.4 Å². The number of nitrogens with one attached hydrogen (secondary N) is 1. The summed E-state index contributed by atoms with van der Waals surface area (Å²) in [6.45, 7) is 0.633. The van der Waals surface area contributed by atoms with E-state index in [1.165, 1.54) is 0 Å². The maximum absolute atomic E-state index is 5.24. The maximum atomic E-state index is 5.24. The molecule has 5 nitrogen and oxygen atoms in total. The molecule has 16 heavy (non-hydrogen) atoms. The average molecular weight is 218 g/mol. The Bertz CT molecular complexity index is 467. The molecule has 1 N–H and O–H groups in total. The van der Waals surface area contributed by atoms with Crippen molar-refractivity contribution in [1.29, 1.82) is 0 Å². The Hall–Kier alpha value is -2.04. The van der Waals surface area contributed by atoms with Gasteiger partial charge < -0.3 is 10.1 Å². The molecule has 1 heterocycles. The molecule has 1 aromatic carbocycles. The van der Waals surface area contributed by atoms with Crippen LogP contribution in [0.15, 0.2) is 30.5 Å². The van der Waals surface area contributed by atoms with Gasteiger partial charge in [-0.05, 0) is 12.1 Å². The number of methoxy groups -OCH3 is 1. The number of rotatable bonds is 4. The summed E-state index contributed by atoms with van der Waals surface area (Å²) >= 11 is 0. The van der Waals surface area contributed by atoms with Gasteiger partial charge in [-0.25, -0.2) is 0 Å². The van der Waals surface area contributed by atoms with Crippen molar-refractivity contribution in [2.45, 2.75) is 6.54 Å². The van der Waals surface area contributed by atoms with Gasteiger partial charge >= 0.3 is 0 Å². The van der Waals surface area contributed by atoms with E-state index in [1.54, 1.807) is 11.8 Å². The molecule has 5 heteroatoms. The van der Waals surface area contributed by atoms with Crippen molar-refractivity contribution in [1.82, 2.24) is 15.0 Å². The lowest BCUT2D eigenvalue weighted by Crippen LogP contribution is -2.01. The van der Waals surface area contributed by atoms with Crippen LogP contribution in [0.3, 0.4) is 0 Å². The summed E-state index contributed by atoms with van der Waals surface area (Å²) in [4.78, 5) is 0. The van der Waals surface area contributed by atoms with Crippen LogP contribution in [0, 0.1) is 0 Å². The number of hydrogen-bond donors (Lipinski definition) is 1. The minimum Gasteiger partial charge on any atom is -0.495 e. The van der Waals surface area contributed by atoms with E-state index in [-0.39, 0.29) is 0 Å². The van der Waals surface area contributed by atoms with Crippen LogP contribution in [0.5, 0.6) is 5.75 Å². The first-order valence-corrected chi connectivity index (χ1v) is 5.01. The molecule has 2 aromatic rings. The summed E-state index contributed by atoms with van der Waals surface area (Å²) in [5, 5.41) is 11.1. The van der Waals surface area contributed by atoms with Crippen molar-refractivity contribution in [3.8, 4) is 5.75 Å². The number of aromatic nitrogens is 3. The fourth-order valence-corrected chi connectivity index (χ4v) is 1.45. The topological polar surface area (TPSA) is 52.0 Å². The Morgan fingerprint density at radius 3 is 2.88 bits per heavy atom. The molecule has 0 aliphatic heterocycles. The third kappa shape index (κ3) is 2.31. The summed E-state index contributed by atoms with van der Waals surface area (Å²) in [5.41, 5.74) is 1.85. The van der Waals surface area contributed by atoms with Crippen LogP contribution in [0.4, 0.5) is 5.69 Å². The second-order valence-electron chi connectivity index (χ2n) is 3.44.